The highest BCUT2D eigenvalue weighted by Gasteiger charge is 2.54. The fourth-order valence-corrected chi connectivity index (χ4v) is 7.75. The van der Waals surface area contributed by atoms with Gasteiger partial charge in [0.15, 0.2) is 34.1 Å². The molecule has 2 aliphatic heterocycles. The van der Waals surface area contributed by atoms with E-state index in [0.29, 0.717) is 21.4 Å². The maximum absolute atomic E-state index is 13.2. The van der Waals surface area contributed by atoms with Crippen LogP contribution in [0.3, 0.4) is 0 Å². The van der Waals surface area contributed by atoms with Crippen LogP contribution in [0.1, 0.15) is 5.69 Å². The number of oxime groups is 1. The van der Waals surface area contributed by atoms with Crippen LogP contribution in [0.2, 0.25) is 0 Å². The van der Waals surface area contributed by atoms with Gasteiger partial charge < -0.3 is 26.7 Å². The number of nitrogens with zero attached hydrogens (tertiary/aromatic N) is 5. The summed E-state index contributed by atoms with van der Waals surface area (Å²) in [5, 5.41) is 19.5. The highest BCUT2D eigenvalue weighted by atomic mass is 32.2. The molecule has 218 valence electrons. The van der Waals surface area contributed by atoms with Gasteiger partial charge in [-0.05, 0) is 6.07 Å². The number of nitrogens with one attached hydrogen (secondary N) is 1. The molecule has 1 saturated heterocycles. The van der Waals surface area contributed by atoms with Gasteiger partial charge in [-0.1, -0.05) is 16.9 Å². The molecule has 2 atom stereocenters. The van der Waals surface area contributed by atoms with Gasteiger partial charge >= 0.3 is 5.97 Å². The predicted molar refractivity (Wildman–Crippen MR) is 157 cm³/mol. The lowest BCUT2D eigenvalue weighted by molar-refractivity contribution is -0.688. The molecule has 0 radical (unpaired) electrons. The molecule has 14 nitrogen and oxygen atoms in total. The van der Waals surface area contributed by atoms with Crippen molar-refractivity contribution in [3.8, 4) is 11.3 Å². The topological polar surface area (TPSA) is 207 Å². The lowest BCUT2D eigenvalue weighted by Gasteiger charge is -2.49. The van der Waals surface area contributed by atoms with Gasteiger partial charge in [-0.25, -0.2) is 19.3 Å². The Kier molecular flexibility index (Phi) is 8.76. The monoisotopic (exact) mass is 647 g/mol. The Morgan fingerprint density at radius 3 is 2.81 bits per heavy atom. The number of pyridine rings is 1. The van der Waals surface area contributed by atoms with Gasteiger partial charge in [0, 0.05) is 28.2 Å². The van der Waals surface area contributed by atoms with Crippen molar-refractivity contribution in [1.82, 2.24) is 20.2 Å². The average molecular weight is 648 g/mol. The first kappa shape index (κ1) is 29.5. The van der Waals surface area contributed by atoms with Crippen LogP contribution in [0, 0.1) is 0 Å². The first-order valence-corrected chi connectivity index (χ1v) is 15.8. The van der Waals surface area contributed by atoms with Crippen LogP contribution in [0.5, 0.6) is 0 Å². The van der Waals surface area contributed by atoms with E-state index in [2.05, 4.69) is 20.4 Å². The molecule has 0 bridgehead atoms. The number of hydrogen-bond acceptors (Lipinski definition) is 13. The Bertz CT molecular complexity index is 1640. The van der Waals surface area contributed by atoms with Gasteiger partial charge in [-0.15, -0.1) is 34.4 Å². The van der Waals surface area contributed by atoms with E-state index >= 15 is 0 Å². The summed E-state index contributed by atoms with van der Waals surface area (Å²) < 4.78 is 2.53. The van der Waals surface area contributed by atoms with Crippen LogP contribution >= 0.6 is 46.2 Å². The maximum atomic E-state index is 13.2. The number of primary amides is 1. The number of thioether (sulfide) groups is 2. The Labute approximate surface area is 254 Å². The highest BCUT2D eigenvalue weighted by molar-refractivity contribution is 8.01. The van der Waals surface area contributed by atoms with Crippen molar-refractivity contribution < 1.29 is 33.7 Å². The Morgan fingerprint density at radius 2 is 2.12 bits per heavy atom. The largest absolute Gasteiger partial charge is 0.477 e. The summed E-state index contributed by atoms with van der Waals surface area (Å²) in [6, 6.07) is 2.73. The van der Waals surface area contributed by atoms with Crippen LogP contribution in [0.15, 0.2) is 56.1 Å². The van der Waals surface area contributed by atoms with Gasteiger partial charge in [-0.3, -0.25) is 19.3 Å². The first-order chi connectivity index (χ1) is 20.2. The predicted octanol–water partition coefficient (Wildman–Crippen LogP) is 0.503. The van der Waals surface area contributed by atoms with E-state index in [1.165, 1.54) is 52.3 Å². The molecule has 0 aliphatic carbocycles. The summed E-state index contributed by atoms with van der Waals surface area (Å²) >= 11 is 5.13. The van der Waals surface area contributed by atoms with Crippen LogP contribution in [-0.2, 0) is 30.6 Å². The minimum atomic E-state index is -1.24. The summed E-state index contributed by atoms with van der Waals surface area (Å²) in [5.41, 5.74) is 12.9. The van der Waals surface area contributed by atoms with Crippen molar-refractivity contribution in [2.24, 2.45) is 10.9 Å². The van der Waals surface area contributed by atoms with Crippen molar-refractivity contribution in [2.75, 3.05) is 24.3 Å². The standard InChI is InChI=1S/C24H22N8O6S4/c1-38-30-16(14-9-40-23(26)27-14)19(34)29-17-20(35)32-18(22(36)37)12(7-39-21(17)32)6-31-4-2-3-11(5-31)13-8-41-24(28-13)42-10-15(25)33/h2-5,8-9,17,21H,6-7,10H2,1H3,(H5-,25,26,27,29,33,34,36,37)/p+1/b30-16-. The molecular formula is C24H23N8O6S4+. The molecule has 0 saturated carbocycles. The number of aromatic nitrogens is 3. The highest BCUT2D eigenvalue weighted by Crippen LogP contribution is 2.40. The molecule has 2 aliphatic rings. The number of carboxylic acid groups (broad SMARTS) is 1. The van der Waals surface area contributed by atoms with E-state index in [4.69, 9.17) is 16.3 Å². The molecule has 42 heavy (non-hydrogen) atoms. The number of rotatable bonds is 11. The number of carbonyl (C=O) groups is 4. The molecular weight excluding hydrogens is 625 g/mol. The van der Waals surface area contributed by atoms with Crippen molar-refractivity contribution in [3.63, 3.8) is 0 Å². The van der Waals surface area contributed by atoms with Crippen LogP contribution in [0.25, 0.3) is 11.3 Å². The van der Waals surface area contributed by atoms with Crippen molar-refractivity contribution in [2.45, 2.75) is 22.3 Å². The first-order valence-electron chi connectivity index (χ1n) is 12.1. The molecule has 2 unspecified atom stereocenters. The molecule has 5 heterocycles. The number of β-lactam (4-membered cyclic amide) rings is 1. The number of fused-ring (bicyclic) bond motifs is 1. The molecule has 1 fully saturated rings. The number of carboxylic acids is 1. The lowest BCUT2D eigenvalue weighted by atomic mass is 10.0. The van der Waals surface area contributed by atoms with Gasteiger partial charge in [-0.2, -0.15) is 0 Å². The number of hydrogen-bond donors (Lipinski definition) is 4. The molecule has 6 N–H and O–H groups in total. The third kappa shape index (κ3) is 6.10. The maximum Gasteiger partial charge on any atom is 0.352 e. The number of nitrogen functional groups attached to an aromatic ring is 1. The summed E-state index contributed by atoms with van der Waals surface area (Å²) in [4.78, 5) is 64.1. The van der Waals surface area contributed by atoms with Gasteiger partial charge in [0.1, 0.15) is 29.9 Å². The zero-order chi connectivity index (χ0) is 30.0. The summed E-state index contributed by atoms with van der Waals surface area (Å²) in [6.07, 6.45) is 3.63. The van der Waals surface area contributed by atoms with Gasteiger partial charge in [0.2, 0.25) is 5.91 Å². The number of nitrogens with two attached hydrogens (primary N) is 2. The van der Waals surface area contributed by atoms with E-state index in [1.807, 2.05) is 28.3 Å². The smallest absolute Gasteiger partial charge is 0.352 e. The SMILES string of the molecule is CO/N=C(\C(=O)NC1C(=O)N2C(C(=O)O)=C(C[n+]3cccc(-c4csc(SCC(N)=O)n4)c3)CSC12)c1csc(N)n1. The number of aliphatic carboxylic acids is 1. The minimum absolute atomic E-state index is 0.107. The normalized spacial score (nSPS) is 18.4. The van der Waals surface area contributed by atoms with Crippen LogP contribution in [0.4, 0.5) is 5.13 Å². The second-order valence-corrected chi connectivity index (χ2v) is 12.9. The molecule has 3 aromatic rings. The number of anilines is 1. The Hall–Kier alpha value is -4.00. The summed E-state index contributed by atoms with van der Waals surface area (Å²) in [5.74, 6) is -2.45. The molecule has 3 aromatic heterocycles. The van der Waals surface area contributed by atoms with E-state index in [1.54, 1.807) is 6.20 Å². The molecule has 3 amide bonds. The minimum Gasteiger partial charge on any atom is -0.477 e. The number of amides is 3. The summed E-state index contributed by atoms with van der Waals surface area (Å²) in [6.45, 7) is 0.222. The zero-order valence-electron chi connectivity index (χ0n) is 21.8. The van der Waals surface area contributed by atoms with E-state index in [-0.39, 0.29) is 34.5 Å². The van der Waals surface area contributed by atoms with Crippen LogP contribution in [-0.4, -0.2) is 79.4 Å². The molecule has 0 spiro atoms. The molecule has 0 aromatic carbocycles. The Balaban J connectivity index is 1.31. The zero-order valence-corrected chi connectivity index (χ0v) is 25.0. The quantitative estimate of drug-likeness (QED) is 0.0741. The van der Waals surface area contributed by atoms with Crippen molar-refractivity contribution in [1.29, 1.82) is 0 Å². The second kappa shape index (κ2) is 12.5. The molecule has 18 heteroatoms. The third-order valence-electron chi connectivity index (χ3n) is 6.05. The second-order valence-electron chi connectivity index (χ2n) is 8.83. The average Bonchev–Trinajstić information content (AvgIpc) is 3.62. The van der Waals surface area contributed by atoms with E-state index in [9.17, 15) is 24.3 Å². The van der Waals surface area contributed by atoms with Crippen molar-refractivity contribution in [3.05, 3.63) is 52.3 Å². The van der Waals surface area contributed by atoms with E-state index in [0.717, 1.165) is 16.9 Å². The third-order valence-corrected chi connectivity index (χ3v) is 10.1. The van der Waals surface area contributed by atoms with Crippen molar-refractivity contribution >= 4 is 80.7 Å². The molecule has 5 rings (SSSR count). The summed E-state index contributed by atoms with van der Waals surface area (Å²) in [7, 11) is 1.27. The fraction of sp³-hybridized carbons (Fsp3) is 0.250. The lowest BCUT2D eigenvalue weighted by Crippen LogP contribution is -2.71. The fourth-order valence-electron chi connectivity index (χ4n) is 4.29. The van der Waals surface area contributed by atoms with Gasteiger partial charge in [0.25, 0.3) is 11.8 Å². The number of thiazole rings is 2. The van der Waals surface area contributed by atoms with E-state index < -0.39 is 35.1 Å². The van der Waals surface area contributed by atoms with Gasteiger partial charge in [0.05, 0.1) is 17.0 Å². The Morgan fingerprint density at radius 1 is 1.31 bits per heavy atom. The number of carbonyl (C=O) groups excluding carboxylic acids is 3. The van der Waals surface area contributed by atoms with Crippen LogP contribution < -0.4 is 21.4 Å².